The van der Waals surface area contributed by atoms with Crippen LogP contribution in [0.4, 0.5) is 5.69 Å². The molecule has 0 aromatic heterocycles. The molecular weight excluding hydrogens is 288 g/mol. The predicted molar refractivity (Wildman–Crippen MR) is 91.4 cm³/mol. The van der Waals surface area contributed by atoms with E-state index in [2.05, 4.69) is 10.2 Å². The highest BCUT2D eigenvalue weighted by Gasteiger charge is 2.17. The average Bonchev–Trinajstić information content (AvgIpc) is 2.56. The Morgan fingerprint density at radius 3 is 2.57 bits per heavy atom. The molecule has 4 heteroatoms. The molecule has 2 aromatic carbocycles. The lowest BCUT2D eigenvalue weighted by atomic mass is 10.1. The summed E-state index contributed by atoms with van der Waals surface area (Å²) in [5.41, 5.74) is 2.61. The Hall–Kier alpha value is -2.17. The molecule has 1 aliphatic rings. The maximum atomic E-state index is 12.2. The summed E-state index contributed by atoms with van der Waals surface area (Å²) in [5, 5.41) is 12.6. The number of nitrogens with zero attached hydrogens (tertiary/aromatic N) is 1. The van der Waals surface area contributed by atoms with E-state index in [-0.39, 0.29) is 12.0 Å². The van der Waals surface area contributed by atoms with Crippen LogP contribution in [0.2, 0.25) is 0 Å². The first kappa shape index (κ1) is 15.7. The molecule has 0 spiro atoms. The first-order valence-corrected chi connectivity index (χ1v) is 8.06. The lowest BCUT2D eigenvalue weighted by molar-refractivity contribution is 0.0668. The molecule has 1 saturated heterocycles. The summed E-state index contributed by atoms with van der Waals surface area (Å²) in [6.45, 7) is 2.57. The van der Waals surface area contributed by atoms with Crippen molar-refractivity contribution in [3.8, 4) is 0 Å². The number of nitrogens with one attached hydrogen (secondary N) is 1. The second-order valence-corrected chi connectivity index (χ2v) is 6.05. The van der Waals surface area contributed by atoms with E-state index >= 15 is 0 Å². The van der Waals surface area contributed by atoms with Gasteiger partial charge in [0.15, 0.2) is 0 Å². The van der Waals surface area contributed by atoms with Crippen LogP contribution in [0.5, 0.6) is 0 Å². The second kappa shape index (κ2) is 7.40. The summed E-state index contributed by atoms with van der Waals surface area (Å²) in [4.78, 5) is 14.5. The van der Waals surface area contributed by atoms with Gasteiger partial charge in [0.25, 0.3) is 5.91 Å². The molecule has 1 fully saturated rings. The van der Waals surface area contributed by atoms with Crippen LogP contribution in [0.1, 0.15) is 28.8 Å². The van der Waals surface area contributed by atoms with Crippen molar-refractivity contribution in [1.29, 1.82) is 0 Å². The Bertz CT molecular complexity index is 640. The number of amides is 1. The van der Waals surface area contributed by atoms with Crippen LogP contribution >= 0.6 is 0 Å². The maximum absolute atomic E-state index is 12.2. The van der Waals surface area contributed by atoms with Crippen molar-refractivity contribution in [2.75, 3.05) is 18.4 Å². The van der Waals surface area contributed by atoms with Gasteiger partial charge in [-0.15, -0.1) is 0 Å². The van der Waals surface area contributed by atoms with Gasteiger partial charge in [-0.1, -0.05) is 30.3 Å². The van der Waals surface area contributed by atoms with Gasteiger partial charge in [-0.25, -0.2) is 0 Å². The first-order valence-electron chi connectivity index (χ1n) is 8.06. The molecule has 3 rings (SSSR count). The van der Waals surface area contributed by atoms with Crippen LogP contribution in [0.25, 0.3) is 0 Å². The van der Waals surface area contributed by atoms with Gasteiger partial charge in [-0.2, -0.15) is 0 Å². The Morgan fingerprint density at radius 1 is 1.13 bits per heavy atom. The Kier molecular flexibility index (Phi) is 5.05. The zero-order chi connectivity index (χ0) is 16.1. The highest BCUT2D eigenvalue weighted by Crippen LogP contribution is 2.15. The summed E-state index contributed by atoms with van der Waals surface area (Å²) in [5.74, 6) is -0.101. The number of aliphatic hydroxyl groups excluding tert-OH is 1. The molecule has 1 atom stereocenters. The van der Waals surface area contributed by atoms with Crippen LogP contribution in [-0.2, 0) is 6.54 Å². The number of hydrogen-bond donors (Lipinski definition) is 2. The smallest absolute Gasteiger partial charge is 0.255 e. The number of para-hydroxylation sites is 1. The quantitative estimate of drug-likeness (QED) is 0.913. The van der Waals surface area contributed by atoms with Crippen molar-refractivity contribution in [2.45, 2.75) is 25.5 Å². The fourth-order valence-electron chi connectivity index (χ4n) is 2.92. The molecule has 4 nitrogen and oxygen atoms in total. The fraction of sp³-hybridized carbons (Fsp3) is 0.316. The van der Waals surface area contributed by atoms with Crippen LogP contribution < -0.4 is 5.32 Å². The van der Waals surface area contributed by atoms with Crippen LogP contribution in [0, 0.1) is 0 Å². The molecule has 2 N–H and O–H groups in total. The van der Waals surface area contributed by atoms with Gasteiger partial charge in [0.1, 0.15) is 0 Å². The van der Waals surface area contributed by atoms with E-state index in [1.807, 2.05) is 54.6 Å². The van der Waals surface area contributed by atoms with Crippen LogP contribution in [0.15, 0.2) is 54.6 Å². The Balaban J connectivity index is 1.59. The topological polar surface area (TPSA) is 52.6 Å². The van der Waals surface area contributed by atoms with Crippen molar-refractivity contribution in [2.24, 2.45) is 0 Å². The molecule has 0 radical (unpaired) electrons. The predicted octanol–water partition coefficient (Wildman–Crippen LogP) is 2.90. The minimum atomic E-state index is -0.209. The summed E-state index contributed by atoms with van der Waals surface area (Å²) in [6, 6.07) is 17.1. The lowest BCUT2D eigenvalue weighted by Gasteiger charge is -2.29. The number of benzene rings is 2. The van der Waals surface area contributed by atoms with Gasteiger partial charge >= 0.3 is 0 Å². The third-order valence-electron chi connectivity index (χ3n) is 4.13. The van der Waals surface area contributed by atoms with Crippen LogP contribution in [-0.4, -0.2) is 35.1 Å². The molecule has 23 heavy (non-hydrogen) atoms. The standard InChI is InChI=1S/C19H22N2O2/c22-18-7-4-12-21(14-18)13-15-8-10-16(11-9-15)19(23)20-17-5-2-1-3-6-17/h1-3,5-6,8-11,18,22H,4,7,12-14H2,(H,20,23)/t18-/m0/s1. The van der Waals surface area contributed by atoms with Gasteiger partial charge in [0, 0.05) is 24.3 Å². The van der Waals surface area contributed by atoms with Crippen molar-refractivity contribution in [3.05, 3.63) is 65.7 Å². The number of aliphatic hydroxyl groups is 1. The number of β-amino-alcohol motifs (C(OH)–C–C–N with tert-alkyl or cyclic N) is 1. The molecule has 0 unspecified atom stereocenters. The van der Waals surface area contributed by atoms with E-state index in [0.29, 0.717) is 5.56 Å². The van der Waals surface area contributed by atoms with Gasteiger partial charge in [-0.3, -0.25) is 9.69 Å². The lowest BCUT2D eigenvalue weighted by Crippen LogP contribution is -2.37. The van der Waals surface area contributed by atoms with Crippen molar-refractivity contribution >= 4 is 11.6 Å². The number of likely N-dealkylation sites (tertiary alicyclic amines) is 1. The van der Waals surface area contributed by atoms with Gasteiger partial charge in [0.05, 0.1) is 6.10 Å². The Labute approximate surface area is 136 Å². The zero-order valence-corrected chi connectivity index (χ0v) is 13.1. The van der Waals surface area contributed by atoms with E-state index in [4.69, 9.17) is 0 Å². The Morgan fingerprint density at radius 2 is 1.87 bits per heavy atom. The number of rotatable bonds is 4. The number of anilines is 1. The summed E-state index contributed by atoms with van der Waals surface area (Å²) >= 11 is 0. The SMILES string of the molecule is O=C(Nc1ccccc1)c1ccc(CN2CCC[C@H](O)C2)cc1. The van der Waals surface area contributed by atoms with E-state index < -0.39 is 0 Å². The van der Waals surface area contributed by atoms with Crippen LogP contribution in [0.3, 0.4) is 0 Å². The number of hydrogen-bond acceptors (Lipinski definition) is 3. The number of piperidine rings is 1. The molecule has 0 saturated carbocycles. The molecule has 1 amide bonds. The highest BCUT2D eigenvalue weighted by atomic mass is 16.3. The summed E-state index contributed by atoms with van der Waals surface area (Å²) < 4.78 is 0. The third kappa shape index (κ3) is 4.41. The molecule has 120 valence electrons. The average molecular weight is 310 g/mol. The zero-order valence-electron chi connectivity index (χ0n) is 13.1. The molecule has 0 aliphatic carbocycles. The van der Waals surface area contributed by atoms with Crippen molar-refractivity contribution < 1.29 is 9.90 Å². The van der Waals surface area contributed by atoms with Crippen molar-refractivity contribution in [3.63, 3.8) is 0 Å². The highest BCUT2D eigenvalue weighted by molar-refractivity contribution is 6.04. The first-order chi connectivity index (χ1) is 11.2. The summed E-state index contributed by atoms with van der Waals surface area (Å²) in [6.07, 6.45) is 1.73. The summed E-state index contributed by atoms with van der Waals surface area (Å²) in [7, 11) is 0. The molecule has 1 aliphatic heterocycles. The normalized spacial score (nSPS) is 18.6. The fourth-order valence-corrected chi connectivity index (χ4v) is 2.92. The molecule has 0 bridgehead atoms. The third-order valence-corrected chi connectivity index (χ3v) is 4.13. The van der Waals surface area contributed by atoms with E-state index in [9.17, 15) is 9.90 Å². The molecular formula is C19H22N2O2. The minimum Gasteiger partial charge on any atom is -0.392 e. The van der Waals surface area contributed by atoms with Gasteiger partial charge < -0.3 is 10.4 Å². The minimum absolute atomic E-state index is 0.101. The van der Waals surface area contributed by atoms with E-state index in [1.165, 1.54) is 0 Å². The largest absolute Gasteiger partial charge is 0.392 e. The second-order valence-electron chi connectivity index (χ2n) is 6.05. The number of carbonyl (C=O) groups is 1. The molecule has 1 heterocycles. The maximum Gasteiger partial charge on any atom is 0.255 e. The number of carbonyl (C=O) groups excluding carboxylic acids is 1. The van der Waals surface area contributed by atoms with Crippen molar-refractivity contribution in [1.82, 2.24) is 4.90 Å². The van der Waals surface area contributed by atoms with E-state index in [0.717, 1.165) is 43.7 Å². The van der Waals surface area contributed by atoms with E-state index in [1.54, 1.807) is 0 Å². The van der Waals surface area contributed by atoms with Gasteiger partial charge in [0.2, 0.25) is 0 Å². The van der Waals surface area contributed by atoms with Gasteiger partial charge in [-0.05, 0) is 49.2 Å². The molecule has 2 aromatic rings. The monoisotopic (exact) mass is 310 g/mol.